The van der Waals surface area contributed by atoms with Gasteiger partial charge in [0.25, 0.3) is 0 Å². The van der Waals surface area contributed by atoms with Crippen LogP contribution in [0.4, 0.5) is 4.39 Å². The van der Waals surface area contributed by atoms with Crippen LogP contribution in [0.1, 0.15) is 25.3 Å². The van der Waals surface area contributed by atoms with E-state index in [0.717, 1.165) is 0 Å². The van der Waals surface area contributed by atoms with Gasteiger partial charge in [-0.1, -0.05) is 15.9 Å². The van der Waals surface area contributed by atoms with E-state index < -0.39 is 17.7 Å². The van der Waals surface area contributed by atoms with Crippen molar-refractivity contribution in [2.45, 2.75) is 19.8 Å². The van der Waals surface area contributed by atoms with Gasteiger partial charge in [0.1, 0.15) is 23.2 Å². The molecule has 0 saturated heterocycles. The van der Waals surface area contributed by atoms with E-state index in [2.05, 4.69) is 22.0 Å². The molecule has 0 fully saturated rings. The highest BCUT2D eigenvalue weighted by Crippen LogP contribution is 2.43. The highest BCUT2D eigenvalue weighted by atomic mass is 79.9. The van der Waals surface area contributed by atoms with Crippen LogP contribution in [0.3, 0.4) is 0 Å². The predicted octanol–water partition coefficient (Wildman–Crippen LogP) is 4.73. The summed E-state index contributed by atoms with van der Waals surface area (Å²) in [6.07, 6.45) is 3.42. The van der Waals surface area contributed by atoms with Crippen LogP contribution in [0.5, 0.6) is 0 Å². The van der Waals surface area contributed by atoms with Crippen molar-refractivity contribution >= 4 is 27.8 Å². The highest BCUT2D eigenvalue weighted by molar-refractivity contribution is 9.10. The second kappa shape index (κ2) is 7.80. The number of allylic oxidation sites excluding steroid dienone is 2. The number of carbonyl (C=O) groups is 1. The molecule has 2 heterocycles. The molecule has 1 aromatic heterocycles. The predicted molar refractivity (Wildman–Crippen MR) is 101 cm³/mol. The van der Waals surface area contributed by atoms with Crippen molar-refractivity contribution in [1.29, 1.82) is 5.26 Å². The van der Waals surface area contributed by atoms with E-state index in [4.69, 9.17) is 9.47 Å². The van der Waals surface area contributed by atoms with E-state index in [1.807, 2.05) is 0 Å². The smallest absolute Gasteiger partial charge is 0.338 e. The van der Waals surface area contributed by atoms with Crippen molar-refractivity contribution < 1.29 is 18.7 Å². The fraction of sp³-hybridized carbons (Fsp3) is 0.200. The summed E-state index contributed by atoms with van der Waals surface area (Å²) in [5.74, 6) is -1.62. The third kappa shape index (κ3) is 3.53. The summed E-state index contributed by atoms with van der Waals surface area (Å²) in [6, 6.07) is 10.1. The van der Waals surface area contributed by atoms with Gasteiger partial charge in [-0.25, -0.2) is 9.18 Å². The zero-order valence-electron chi connectivity index (χ0n) is 14.7. The van der Waals surface area contributed by atoms with Crippen LogP contribution < -0.4 is 0 Å². The molecule has 0 spiro atoms. The normalized spacial score (nSPS) is 16.8. The highest BCUT2D eigenvalue weighted by Gasteiger charge is 2.38. The topological polar surface area (TPSA) is 64.2 Å². The summed E-state index contributed by atoms with van der Waals surface area (Å²) in [7, 11) is 0. The number of aromatic nitrogens is 1. The van der Waals surface area contributed by atoms with Gasteiger partial charge in [0.05, 0.1) is 18.1 Å². The number of nitriles is 1. The maximum absolute atomic E-state index is 14.7. The summed E-state index contributed by atoms with van der Waals surface area (Å²) < 4.78 is 27.9. The molecule has 2 aromatic rings. The third-order valence-corrected chi connectivity index (χ3v) is 4.65. The van der Waals surface area contributed by atoms with Gasteiger partial charge in [-0.3, -0.25) is 4.57 Å². The van der Waals surface area contributed by atoms with Crippen molar-refractivity contribution in [2.75, 3.05) is 6.61 Å². The van der Waals surface area contributed by atoms with Crippen LogP contribution in [-0.2, 0) is 14.3 Å². The number of esters is 1. The van der Waals surface area contributed by atoms with Gasteiger partial charge in [-0.05, 0) is 44.2 Å². The molecule has 1 aliphatic rings. The molecule has 0 N–H and O–H groups in total. The maximum Gasteiger partial charge on any atom is 0.338 e. The van der Waals surface area contributed by atoms with Crippen LogP contribution >= 0.6 is 15.9 Å². The molecular weight excluding hydrogens is 415 g/mol. The lowest BCUT2D eigenvalue weighted by atomic mass is 9.82. The monoisotopic (exact) mass is 430 g/mol. The second-order valence-corrected chi connectivity index (χ2v) is 6.73. The number of carbonyl (C=O) groups excluding carboxylic acids is 1. The number of halogens is 2. The summed E-state index contributed by atoms with van der Waals surface area (Å²) >= 11 is 3.33. The van der Waals surface area contributed by atoms with Gasteiger partial charge >= 0.3 is 5.97 Å². The van der Waals surface area contributed by atoms with Crippen molar-refractivity contribution in [1.82, 2.24) is 4.57 Å². The fourth-order valence-electron chi connectivity index (χ4n) is 3.02. The first-order valence-electron chi connectivity index (χ1n) is 8.26. The Morgan fingerprint density at radius 2 is 2.11 bits per heavy atom. The van der Waals surface area contributed by atoms with E-state index in [0.29, 0.717) is 4.47 Å². The fourth-order valence-corrected chi connectivity index (χ4v) is 3.40. The number of benzene rings is 1. The van der Waals surface area contributed by atoms with Crippen molar-refractivity contribution in [3.8, 4) is 6.07 Å². The van der Waals surface area contributed by atoms with Crippen LogP contribution in [0.15, 0.2) is 64.1 Å². The molecule has 1 aliphatic heterocycles. The Balaban J connectivity index is 2.28. The lowest BCUT2D eigenvalue weighted by Gasteiger charge is -2.29. The van der Waals surface area contributed by atoms with Gasteiger partial charge in [0.15, 0.2) is 0 Å². The van der Waals surface area contributed by atoms with Gasteiger partial charge in [-0.2, -0.15) is 5.26 Å². The standard InChI is InChI=1S/C20H16BrFN2O3/c1-3-26-20(25)17-12(2)27-19(24-8-4-5-9-24)15(11-23)18(17)14-10-13(21)6-7-16(14)22/h4-10,18H,3H2,1-2H3/t18-/m0/s1. The van der Waals surface area contributed by atoms with Gasteiger partial charge < -0.3 is 9.47 Å². The molecule has 1 aromatic carbocycles. The first-order valence-corrected chi connectivity index (χ1v) is 9.05. The SMILES string of the molecule is CCOC(=O)C1=C(C)OC(n2cccc2)=C(C#N)[C@@H]1c1cc(Br)ccc1F. The minimum Gasteiger partial charge on any atom is -0.463 e. The molecule has 27 heavy (non-hydrogen) atoms. The van der Waals surface area contributed by atoms with Crippen molar-refractivity contribution in [3.63, 3.8) is 0 Å². The molecule has 0 radical (unpaired) electrons. The van der Waals surface area contributed by atoms with Crippen LogP contribution in [0, 0.1) is 17.1 Å². The van der Waals surface area contributed by atoms with E-state index in [-0.39, 0.29) is 35.0 Å². The number of nitrogens with zero attached hydrogens (tertiary/aromatic N) is 2. The minimum absolute atomic E-state index is 0.112. The Labute approximate surface area is 164 Å². The molecule has 3 rings (SSSR count). The zero-order chi connectivity index (χ0) is 19.6. The molecule has 0 unspecified atom stereocenters. The number of hydrogen-bond donors (Lipinski definition) is 0. The van der Waals surface area contributed by atoms with Gasteiger partial charge in [0, 0.05) is 22.4 Å². The summed E-state index contributed by atoms with van der Waals surface area (Å²) in [6.45, 7) is 3.44. The molecule has 7 heteroatoms. The second-order valence-electron chi connectivity index (χ2n) is 5.81. The van der Waals surface area contributed by atoms with Crippen LogP contribution in [0.2, 0.25) is 0 Å². The Bertz CT molecular complexity index is 987. The lowest BCUT2D eigenvalue weighted by Crippen LogP contribution is -2.24. The molecule has 0 aliphatic carbocycles. The first-order chi connectivity index (χ1) is 13.0. The van der Waals surface area contributed by atoms with E-state index in [1.54, 1.807) is 55.1 Å². The average molecular weight is 431 g/mol. The third-order valence-electron chi connectivity index (χ3n) is 4.16. The summed E-state index contributed by atoms with van der Waals surface area (Å²) in [4.78, 5) is 12.6. The zero-order valence-corrected chi connectivity index (χ0v) is 16.3. The number of ether oxygens (including phenoxy) is 2. The molecular formula is C20H16BrFN2O3. The average Bonchev–Trinajstić information content (AvgIpc) is 3.17. The molecule has 5 nitrogen and oxygen atoms in total. The number of hydrogen-bond acceptors (Lipinski definition) is 4. The number of rotatable bonds is 4. The van der Waals surface area contributed by atoms with Crippen LogP contribution in [0.25, 0.3) is 5.88 Å². The summed E-state index contributed by atoms with van der Waals surface area (Å²) in [5, 5.41) is 9.86. The van der Waals surface area contributed by atoms with E-state index in [9.17, 15) is 14.4 Å². The van der Waals surface area contributed by atoms with Crippen molar-refractivity contribution in [3.05, 3.63) is 75.5 Å². The van der Waals surface area contributed by atoms with E-state index >= 15 is 0 Å². The Kier molecular flexibility index (Phi) is 5.47. The Hall–Kier alpha value is -2.85. The largest absolute Gasteiger partial charge is 0.463 e. The molecule has 1 atom stereocenters. The summed E-state index contributed by atoms with van der Waals surface area (Å²) in [5.41, 5.74) is 0.425. The molecule has 0 saturated carbocycles. The van der Waals surface area contributed by atoms with E-state index in [1.165, 1.54) is 6.07 Å². The lowest BCUT2D eigenvalue weighted by molar-refractivity contribution is -0.139. The maximum atomic E-state index is 14.7. The first kappa shape index (κ1) is 18.9. The molecule has 0 bridgehead atoms. The Morgan fingerprint density at radius 1 is 1.41 bits per heavy atom. The quantitative estimate of drug-likeness (QED) is 0.657. The van der Waals surface area contributed by atoms with Gasteiger partial charge in [-0.15, -0.1) is 0 Å². The molecule has 0 amide bonds. The Morgan fingerprint density at radius 3 is 2.74 bits per heavy atom. The van der Waals surface area contributed by atoms with Crippen molar-refractivity contribution in [2.24, 2.45) is 0 Å². The molecule has 138 valence electrons. The van der Waals surface area contributed by atoms with Crippen LogP contribution in [-0.4, -0.2) is 17.1 Å². The minimum atomic E-state index is -0.947. The van der Waals surface area contributed by atoms with Gasteiger partial charge in [0.2, 0.25) is 5.88 Å².